The second kappa shape index (κ2) is 8.53. The van der Waals surface area contributed by atoms with Crippen LogP contribution in [-0.4, -0.2) is 51.4 Å². The third-order valence-electron chi connectivity index (χ3n) is 5.64. The number of hydrogen-bond acceptors (Lipinski definition) is 5. The number of rotatable bonds is 5. The Kier molecular flexibility index (Phi) is 5.80. The van der Waals surface area contributed by atoms with Gasteiger partial charge in [0.05, 0.1) is 17.1 Å². The van der Waals surface area contributed by atoms with Crippen LogP contribution in [0.1, 0.15) is 27.2 Å². The van der Waals surface area contributed by atoms with Crippen LogP contribution in [-0.2, 0) is 4.79 Å². The first kappa shape index (κ1) is 21.1. The number of likely N-dealkylation sites (N-methyl/N-ethyl adjacent to an activating group) is 1. The summed E-state index contributed by atoms with van der Waals surface area (Å²) in [7, 11) is 0. The molecular weight excluding hydrogens is 400 g/mol. The summed E-state index contributed by atoms with van der Waals surface area (Å²) in [4.78, 5) is 30.1. The van der Waals surface area contributed by atoms with E-state index in [1.54, 1.807) is 18.5 Å². The number of amides is 1. The van der Waals surface area contributed by atoms with Crippen molar-refractivity contribution in [3.05, 3.63) is 48.3 Å². The number of fused-ring (bicyclic) bond motifs is 1. The molecule has 0 aliphatic carbocycles. The molecule has 8 heteroatoms. The van der Waals surface area contributed by atoms with Crippen LogP contribution in [0, 0.1) is 17.6 Å². The van der Waals surface area contributed by atoms with Crippen LogP contribution < -0.4 is 4.90 Å². The van der Waals surface area contributed by atoms with Crippen molar-refractivity contribution in [2.45, 2.75) is 33.2 Å². The molecule has 0 N–H and O–H groups in total. The second-order valence-electron chi connectivity index (χ2n) is 8.06. The fourth-order valence-corrected chi connectivity index (χ4v) is 4.07. The average molecular weight is 425 g/mol. The van der Waals surface area contributed by atoms with Gasteiger partial charge in [0.1, 0.15) is 5.69 Å². The molecule has 3 heterocycles. The van der Waals surface area contributed by atoms with Crippen molar-refractivity contribution in [3.63, 3.8) is 0 Å². The van der Waals surface area contributed by atoms with E-state index < -0.39 is 11.6 Å². The average Bonchev–Trinajstić information content (AvgIpc) is 3.24. The van der Waals surface area contributed by atoms with E-state index in [4.69, 9.17) is 0 Å². The second-order valence-corrected chi connectivity index (χ2v) is 8.06. The maximum atomic E-state index is 13.8. The highest BCUT2D eigenvalue weighted by molar-refractivity contribution is 5.84. The fraction of sp³-hybridized carbons (Fsp3) is 0.391. The molecule has 1 fully saturated rings. The molecule has 0 bridgehead atoms. The minimum absolute atomic E-state index is 0.0594. The molecule has 1 aromatic carbocycles. The summed E-state index contributed by atoms with van der Waals surface area (Å²) in [5.41, 5.74) is 1.87. The summed E-state index contributed by atoms with van der Waals surface area (Å²) in [5.74, 6) is -1.27. The van der Waals surface area contributed by atoms with E-state index in [0.29, 0.717) is 31.1 Å². The Morgan fingerprint density at radius 1 is 1.23 bits per heavy atom. The standard InChI is InChI=1S/C23H25F2N5O/c1-4-30(23(31)14(2)3)16-7-9-29(13-16)22-21(15-6-5-8-26-12-15)27-19-10-17(24)18(25)11-20(19)28-22/h5-6,8,10-12,14,16H,4,7,9,13H2,1-3H3/t16-/m0/s1. The summed E-state index contributed by atoms with van der Waals surface area (Å²) in [6, 6.07) is 5.85. The van der Waals surface area contributed by atoms with E-state index in [0.717, 1.165) is 24.1 Å². The Balaban J connectivity index is 1.76. The largest absolute Gasteiger partial charge is 0.353 e. The van der Waals surface area contributed by atoms with E-state index in [-0.39, 0.29) is 28.9 Å². The summed E-state index contributed by atoms with van der Waals surface area (Å²) in [6.45, 7) is 7.71. The van der Waals surface area contributed by atoms with E-state index in [2.05, 4.69) is 19.9 Å². The number of carbonyl (C=O) groups excluding carboxylic acids is 1. The van der Waals surface area contributed by atoms with Gasteiger partial charge in [0.2, 0.25) is 5.91 Å². The molecule has 4 rings (SSSR count). The number of hydrogen-bond donors (Lipinski definition) is 0. The summed E-state index contributed by atoms with van der Waals surface area (Å²) >= 11 is 0. The van der Waals surface area contributed by atoms with Crippen molar-refractivity contribution in [1.29, 1.82) is 0 Å². The molecule has 1 aliphatic heterocycles. The van der Waals surface area contributed by atoms with Gasteiger partial charge in [-0.1, -0.05) is 13.8 Å². The van der Waals surface area contributed by atoms with Crippen LogP contribution in [0.3, 0.4) is 0 Å². The van der Waals surface area contributed by atoms with E-state index in [1.807, 2.05) is 31.7 Å². The first-order chi connectivity index (χ1) is 14.9. The van der Waals surface area contributed by atoms with Crippen LogP contribution in [0.4, 0.5) is 14.6 Å². The van der Waals surface area contributed by atoms with Crippen molar-refractivity contribution in [3.8, 4) is 11.3 Å². The van der Waals surface area contributed by atoms with Crippen molar-refractivity contribution >= 4 is 22.8 Å². The maximum absolute atomic E-state index is 13.8. The number of anilines is 1. The lowest BCUT2D eigenvalue weighted by molar-refractivity contribution is -0.136. The number of pyridine rings is 1. The summed E-state index contributed by atoms with van der Waals surface area (Å²) < 4.78 is 27.6. The molecule has 0 unspecified atom stereocenters. The van der Waals surface area contributed by atoms with Crippen molar-refractivity contribution in [2.75, 3.05) is 24.5 Å². The first-order valence-electron chi connectivity index (χ1n) is 10.5. The van der Waals surface area contributed by atoms with Gasteiger partial charge in [-0.3, -0.25) is 9.78 Å². The fourth-order valence-electron chi connectivity index (χ4n) is 4.07. The Morgan fingerprint density at radius 3 is 2.55 bits per heavy atom. The van der Waals surface area contributed by atoms with Crippen LogP contribution in [0.2, 0.25) is 0 Å². The minimum atomic E-state index is -0.960. The van der Waals surface area contributed by atoms with E-state index >= 15 is 0 Å². The smallest absolute Gasteiger partial charge is 0.225 e. The van der Waals surface area contributed by atoms with E-state index in [1.165, 1.54) is 0 Å². The molecule has 2 aromatic heterocycles. The molecular formula is C23H25F2N5O. The summed E-state index contributed by atoms with van der Waals surface area (Å²) in [6.07, 6.45) is 4.14. The Bertz CT molecular complexity index is 1110. The van der Waals surface area contributed by atoms with Gasteiger partial charge in [-0.05, 0) is 25.5 Å². The molecule has 6 nitrogen and oxygen atoms in total. The molecule has 0 spiro atoms. The highest BCUT2D eigenvalue weighted by Crippen LogP contribution is 2.33. The number of carbonyl (C=O) groups is 1. The van der Waals surface area contributed by atoms with Gasteiger partial charge in [-0.15, -0.1) is 0 Å². The topological polar surface area (TPSA) is 62.2 Å². The molecule has 3 aromatic rings. The van der Waals surface area contributed by atoms with Gasteiger partial charge in [0.15, 0.2) is 17.5 Å². The monoisotopic (exact) mass is 425 g/mol. The molecule has 162 valence electrons. The SMILES string of the molecule is CCN(C(=O)C(C)C)[C@H]1CCN(c2nc3cc(F)c(F)cc3nc2-c2cccnc2)C1. The molecule has 1 aliphatic rings. The third-order valence-corrected chi connectivity index (χ3v) is 5.64. The van der Waals surface area contributed by atoms with Crippen LogP contribution in [0.15, 0.2) is 36.7 Å². The van der Waals surface area contributed by atoms with Crippen molar-refractivity contribution in [1.82, 2.24) is 19.9 Å². The molecule has 1 saturated heterocycles. The molecule has 1 amide bonds. The molecule has 31 heavy (non-hydrogen) atoms. The lowest BCUT2D eigenvalue weighted by atomic mass is 10.1. The normalized spacial score (nSPS) is 16.3. The van der Waals surface area contributed by atoms with Crippen molar-refractivity contribution < 1.29 is 13.6 Å². The zero-order valence-electron chi connectivity index (χ0n) is 17.8. The zero-order valence-corrected chi connectivity index (χ0v) is 17.8. The first-order valence-corrected chi connectivity index (χ1v) is 10.5. The number of halogens is 2. The Morgan fingerprint density at radius 2 is 1.94 bits per heavy atom. The lowest BCUT2D eigenvalue weighted by Gasteiger charge is -2.30. The molecule has 1 atom stereocenters. The molecule has 0 radical (unpaired) electrons. The quantitative estimate of drug-likeness (QED) is 0.617. The van der Waals surface area contributed by atoms with Gasteiger partial charge in [-0.25, -0.2) is 18.7 Å². The van der Waals surface area contributed by atoms with Gasteiger partial charge < -0.3 is 9.80 Å². The van der Waals surface area contributed by atoms with Crippen LogP contribution in [0.25, 0.3) is 22.3 Å². The minimum Gasteiger partial charge on any atom is -0.353 e. The predicted octanol–water partition coefficient (Wildman–Crippen LogP) is 4.05. The number of aromatic nitrogens is 3. The number of benzene rings is 1. The van der Waals surface area contributed by atoms with Gasteiger partial charge in [0, 0.05) is 55.6 Å². The highest BCUT2D eigenvalue weighted by Gasteiger charge is 2.33. The van der Waals surface area contributed by atoms with Crippen molar-refractivity contribution in [2.24, 2.45) is 5.92 Å². The highest BCUT2D eigenvalue weighted by atomic mass is 19.2. The van der Waals surface area contributed by atoms with E-state index in [9.17, 15) is 13.6 Å². The lowest BCUT2D eigenvalue weighted by Crippen LogP contribution is -2.43. The predicted molar refractivity (Wildman–Crippen MR) is 116 cm³/mol. The van der Waals surface area contributed by atoms with Crippen LogP contribution >= 0.6 is 0 Å². The Hall–Kier alpha value is -3.16. The van der Waals surface area contributed by atoms with Gasteiger partial charge in [0.25, 0.3) is 0 Å². The zero-order chi connectivity index (χ0) is 22.1. The molecule has 0 saturated carbocycles. The number of nitrogens with zero attached hydrogens (tertiary/aromatic N) is 5. The maximum Gasteiger partial charge on any atom is 0.225 e. The summed E-state index contributed by atoms with van der Waals surface area (Å²) in [5, 5.41) is 0. The van der Waals surface area contributed by atoms with Gasteiger partial charge in [-0.2, -0.15) is 0 Å². The van der Waals surface area contributed by atoms with Crippen LogP contribution in [0.5, 0.6) is 0 Å². The Labute approximate surface area is 179 Å². The van der Waals surface area contributed by atoms with Gasteiger partial charge >= 0.3 is 0 Å². The third kappa shape index (κ3) is 4.06.